The number of nitrogens with two attached hydrogens (primary N) is 1. The maximum absolute atomic E-state index is 11.0. The van der Waals surface area contributed by atoms with Gasteiger partial charge in [0.1, 0.15) is 0 Å². The molecule has 0 aromatic heterocycles. The van der Waals surface area contributed by atoms with E-state index in [4.69, 9.17) is 10.8 Å². The van der Waals surface area contributed by atoms with Crippen LogP contribution in [0.5, 0.6) is 0 Å². The average Bonchev–Trinajstić information content (AvgIpc) is 2.38. The van der Waals surface area contributed by atoms with Crippen LogP contribution in [0.15, 0.2) is 48.5 Å². The lowest BCUT2D eigenvalue weighted by Gasteiger charge is -1.98. The van der Waals surface area contributed by atoms with Crippen molar-refractivity contribution < 1.29 is 9.90 Å². The standard InChI is InChI=1S/C15H11NO2/c16-14-8-4-2-6-12(14)10-9-11-5-1-3-7-13(11)15(17)18/h1-8H,16H2,(H,17,18). The monoisotopic (exact) mass is 237 g/mol. The number of anilines is 1. The van der Waals surface area contributed by atoms with Crippen LogP contribution in [0, 0.1) is 11.8 Å². The zero-order valence-corrected chi connectivity index (χ0v) is 9.55. The first-order valence-electron chi connectivity index (χ1n) is 5.37. The maximum atomic E-state index is 11.0. The molecule has 3 N–H and O–H groups in total. The van der Waals surface area contributed by atoms with Crippen LogP contribution in [0.2, 0.25) is 0 Å². The van der Waals surface area contributed by atoms with Crippen molar-refractivity contribution in [3.63, 3.8) is 0 Å². The van der Waals surface area contributed by atoms with Crippen molar-refractivity contribution in [2.75, 3.05) is 5.73 Å². The van der Waals surface area contributed by atoms with Crippen molar-refractivity contribution >= 4 is 11.7 Å². The average molecular weight is 237 g/mol. The van der Waals surface area contributed by atoms with Crippen LogP contribution in [0.25, 0.3) is 0 Å². The van der Waals surface area contributed by atoms with Crippen LogP contribution >= 0.6 is 0 Å². The summed E-state index contributed by atoms with van der Waals surface area (Å²) in [4.78, 5) is 11.0. The summed E-state index contributed by atoms with van der Waals surface area (Å²) in [5, 5.41) is 9.02. The van der Waals surface area contributed by atoms with Crippen molar-refractivity contribution in [1.82, 2.24) is 0 Å². The van der Waals surface area contributed by atoms with E-state index in [1.54, 1.807) is 30.3 Å². The maximum Gasteiger partial charge on any atom is 0.336 e. The number of benzene rings is 2. The summed E-state index contributed by atoms with van der Waals surface area (Å²) in [5.41, 5.74) is 7.71. The van der Waals surface area contributed by atoms with E-state index in [1.807, 2.05) is 12.1 Å². The quantitative estimate of drug-likeness (QED) is 0.591. The third kappa shape index (κ3) is 2.50. The Bertz CT molecular complexity index is 651. The van der Waals surface area contributed by atoms with Gasteiger partial charge < -0.3 is 10.8 Å². The fourth-order valence-electron chi connectivity index (χ4n) is 1.52. The minimum Gasteiger partial charge on any atom is -0.478 e. The Labute approximate surface area is 105 Å². The number of carboxylic acids is 1. The molecule has 0 spiro atoms. The fourth-order valence-corrected chi connectivity index (χ4v) is 1.52. The Hall–Kier alpha value is -2.73. The summed E-state index contributed by atoms with van der Waals surface area (Å²) in [6.45, 7) is 0. The summed E-state index contributed by atoms with van der Waals surface area (Å²) in [6.07, 6.45) is 0. The number of para-hydroxylation sites is 1. The second-order valence-electron chi connectivity index (χ2n) is 3.69. The van der Waals surface area contributed by atoms with Crippen LogP contribution < -0.4 is 5.73 Å². The van der Waals surface area contributed by atoms with Gasteiger partial charge in [0, 0.05) is 16.8 Å². The van der Waals surface area contributed by atoms with E-state index in [1.165, 1.54) is 6.07 Å². The minimum atomic E-state index is -0.985. The summed E-state index contributed by atoms with van der Waals surface area (Å²) in [7, 11) is 0. The number of aromatic carboxylic acids is 1. The molecule has 3 heteroatoms. The highest BCUT2D eigenvalue weighted by atomic mass is 16.4. The van der Waals surface area contributed by atoms with Gasteiger partial charge in [0.25, 0.3) is 0 Å². The van der Waals surface area contributed by atoms with Gasteiger partial charge in [0.05, 0.1) is 5.56 Å². The number of carbonyl (C=O) groups is 1. The molecular weight excluding hydrogens is 226 g/mol. The third-order valence-electron chi connectivity index (χ3n) is 2.45. The molecule has 18 heavy (non-hydrogen) atoms. The molecule has 0 saturated carbocycles. The van der Waals surface area contributed by atoms with Crippen LogP contribution in [-0.4, -0.2) is 11.1 Å². The summed E-state index contributed by atoms with van der Waals surface area (Å²) in [5.74, 6) is 4.74. The number of nitrogen functional groups attached to an aromatic ring is 1. The highest BCUT2D eigenvalue weighted by molar-refractivity contribution is 5.90. The van der Waals surface area contributed by atoms with Crippen molar-refractivity contribution in [2.45, 2.75) is 0 Å². The van der Waals surface area contributed by atoms with Gasteiger partial charge in [-0.3, -0.25) is 0 Å². The number of hydrogen-bond donors (Lipinski definition) is 2. The van der Waals surface area contributed by atoms with Crippen molar-refractivity contribution in [2.24, 2.45) is 0 Å². The zero-order valence-electron chi connectivity index (χ0n) is 9.55. The lowest BCUT2D eigenvalue weighted by molar-refractivity contribution is 0.0696. The van der Waals surface area contributed by atoms with E-state index in [2.05, 4.69) is 11.8 Å². The molecule has 0 saturated heterocycles. The predicted molar refractivity (Wildman–Crippen MR) is 70.2 cm³/mol. The molecule has 0 fully saturated rings. The highest BCUT2D eigenvalue weighted by Crippen LogP contribution is 2.10. The molecule has 0 aliphatic rings. The molecule has 88 valence electrons. The number of carboxylic acid groups (broad SMARTS) is 1. The number of hydrogen-bond acceptors (Lipinski definition) is 2. The van der Waals surface area contributed by atoms with E-state index in [9.17, 15) is 4.79 Å². The zero-order chi connectivity index (χ0) is 13.0. The Morgan fingerprint density at radius 2 is 1.50 bits per heavy atom. The van der Waals surface area contributed by atoms with E-state index < -0.39 is 5.97 Å². The highest BCUT2D eigenvalue weighted by Gasteiger charge is 2.06. The molecular formula is C15H11NO2. The van der Waals surface area contributed by atoms with Gasteiger partial charge in [-0.25, -0.2) is 4.79 Å². The Morgan fingerprint density at radius 3 is 2.17 bits per heavy atom. The Morgan fingerprint density at radius 1 is 0.944 bits per heavy atom. The van der Waals surface area contributed by atoms with Crippen LogP contribution in [-0.2, 0) is 0 Å². The van der Waals surface area contributed by atoms with Crippen molar-refractivity contribution in [3.05, 3.63) is 65.2 Å². The van der Waals surface area contributed by atoms with Crippen molar-refractivity contribution in [3.8, 4) is 11.8 Å². The fraction of sp³-hybridized carbons (Fsp3) is 0. The lowest BCUT2D eigenvalue weighted by Crippen LogP contribution is -1.99. The van der Waals surface area contributed by atoms with Gasteiger partial charge in [0.15, 0.2) is 0 Å². The normalized spacial score (nSPS) is 9.33. The molecule has 0 atom stereocenters. The molecule has 0 bridgehead atoms. The molecule has 0 radical (unpaired) electrons. The van der Waals surface area contributed by atoms with Gasteiger partial charge in [-0.05, 0) is 24.3 Å². The first kappa shape index (κ1) is 11.7. The Kier molecular flexibility index (Phi) is 3.31. The molecule has 2 aromatic carbocycles. The van der Waals surface area contributed by atoms with Gasteiger partial charge in [-0.2, -0.15) is 0 Å². The molecule has 0 unspecified atom stereocenters. The van der Waals surface area contributed by atoms with E-state index in [-0.39, 0.29) is 5.56 Å². The first-order valence-corrected chi connectivity index (χ1v) is 5.37. The van der Waals surface area contributed by atoms with Gasteiger partial charge in [0.2, 0.25) is 0 Å². The second kappa shape index (κ2) is 5.07. The Balaban J connectivity index is 2.42. The molecule has 0 heterocycles. The van der Waals surface area contributed by atoms with Gasteiger partial charge in [-0.1, -0.05) is 36.1 Å². The van der Waals surface area contributed by atoms with E-state index in [0.717, 1.165) is 0 Å². The molecule has 0 aliphatic heterocycles. The third-order valence-corrected chi connectivity index (χ3v) is 2.45. The lowest BCUT2D eigenvalue weighted by atomic mass is 10.1. The van der Waals surface area contributed by atoms with Crippen LogP contribution in [0.3, 0.4) is 0 Å². The SMILES string of the molecule is Nc1ccccc1C#Cc1ccccc1C(=O)O. The minimum absolute atomic E-state index is 0.194. The molecule has 3 nitrogen and oxygen atoms in total. The molecule has 2 rings (SSSR count). The van der Waals surface area contributed by atoms with Gasteiger partial charge >= 0.3 is 5.97 Å². The second-order valence-corrected chi connectivity index (χ2v) is 3.69. The van der Waals surface area contributed by atoms with E-state index >= 15 is 0 Å². The summed E-state index contributed by atoms with van der Waals surface area (Å²) < 4.78 is 0. The van der Waals surface area contributed by atoms with Crippen molar-refractivity contribution in [1.29, 1.82) is 0 Å². The van der Waals surface area contributed by atoms with Gasteiger partial charge in [-0.15, -0.1) is 0 Å². The summed E-state index contributed by atoms with van der Waals surface area (Å²) >= 11 is 0. The summed E-state index contributed by atoms with van der Waals surface area (Å²) in [6, 6.07) is 13.8. The predicted octanol–water partition coefficient (Wildman–Crippen LogP) is 2.37. The number of rotatable bonds is 1. The van der Waals surface area contributed by atoms with E-state index in [0.29, 0.717) is 16.8 Å². The first-order chi connectivity index (χ1) is 8.68. The van der Waals surface area contributed by atoms with Crippen LogP contribution in [0.4, 0.5) is 5.69 Å². The van der Waals surface area contributed by atoms with Crippen LogP contribution in [0.1, 0.15) is 21.5 Å². The molecule has 2 aromatic rings. The molecule has 0 amide bonds. The smallest absolute Gasteiger partial charge is 0.336 e. The topological polar surface area (TPSA) is 63.3 Å². The molecule has 0 aliphatic carbocycles. The largest absolute Gasteiger partial charge is 0.478 e.